The number of carbonyl (C=O) groups is 1. The standard InChI is InChI=1S/C32H29N5O2/c1-39-27-14-8-13-26(21-27)37-22-28(25-11-6-3-7-12-25)30-31(33-23-34-32(30)37)36-19-17-35(18-20-36)29(38)16-15-24-9-4-2-5-10-24/h2-16,21-23H,17-20H2,1H3/b16-15+. The van der Waals surface area contributed by atoms with Crippen LogP contribution in [0.4, 0.5) is 5.82 Å². The molecule has 1 amide bonds. The average Bonchev–Trinajstić information content (AvgIpc) is 3.41. The number of aromatic nitrogens is 3. The summed E-state index contributed by atoms with van der Waals surface area (Å²) >= 11 is 0. The normalized spacial score (nSPS) is 13.8. The van der Waals surface area contributed by atoms with Crippen LogP contribution in [0, 0.1) is 0 Å². The third-order valence-corrected chi connectivity index (χ3v) is 7.09. The minimum Gasteiger partial charge on any atom is -0.497 e. The second-order valence-corrected chi connectivity index (χ2v) is 9.43. The minimum absolute atomic E-state index is 0.0282. The summed E-state index contributed by atoms with van der Waals surface area (Å²) < 4.78 is 7.58. The lowest BCUT2D eigenvalue weighted by Crippen LogP contribution is -2.48. The van der Waals surface area contributed by atoms with Crippen LogP contribution in [0.2, 0.25) is 0 Å². The maximum atomic E-state index is 12.9. The SMILES string of the molecule is COc1cccc(-n2cc(-c3ccccc3)c3c(N4CCN(C(=O)/C=C/c5ccccc5)CC4)ncnc32)c1. The van der Waals surface area contributed by atoms with Crippen LogP contribution < -0.4 is 9.64 Å². The van der Waals surface area contributed by atoms with E-state index in [2.05, 4.69) is 27.8 Å². The second-order valence-electron chi connectivity index (χ2n) is 9.43. The van der Waals surface area contributed by atoms with E-state index in [1.807, 2.05) is 83.8 Å². The van der Waals surface area contributed by atoms with E-state index < -0.39 is 0 Å². The fourth-order valence-corrected chi connectivity index (χ4v) is 5.05. The number of nitrogens with zero attached hydrogens (tertiary/aromatic N) is 5. The first kappa shape index (κ1) is 24.4. The van der Waals surface area contributed by atoms with E-state index >= 15 is 0 Å². The first-order chi connectivity index (χ1) is 19.2. The van der Waals surface area contributed by atoms with Gasteiger partial charge in [-0.3, -0.25) is 4.79 Å². The van der Waals surface area contributed by atoms with E-state index in [0.29, 0.717) is 26.2 Å². The molecule has 0 atom stereocenters. The molecular weight excluding hydrogens is 486 g/mol. The van der Waals surface area contributed by atoms with Crippen LogP contribution in [0.3, 0.4) is 0 Å². The Morgan fingerprint density at radius 1 is 0.872 bits per heavy atom. The van der Waals surface area contributed by atoms with Crippen molar-refractivity contribution in [2.45, 2.75) is 0 Å². The molecule has 1 fully saturated rings. The second kappa shape index (κ2) is 10.8. The highest BCUT2D eigenvalue weighted by molar-refractivity contribution is 6.02. The number of amides is 1. The molecule has 3 aromatic carbocycles. The summed E-state index contributed by atoms with van der Waals surface area (Å²) in [6.45, 7) is 2.63. The predicted octanol–water partition coefficient (Wildman–Crippen LogP) is 5.46. The maximum absolute atomic E-state index is 12.9. The molecule has 3 heterocycles. The number of piperazine rings is 1. The molecule has 0 bridgehead atoms. The van der Waals surface area contributed by atoms with Crippen molar-refractivity contribution in [2.24, 2.45) is 0 Å². The zero-order valence-electron chi connectivity index (χ0n) is 21.8. The molecule has 0 aliphatic carbocycles. The van der Waals surface area contributed by atoms with Crippen LogP contribution in [0.15, 0.2) is 104 Å². The molecule has 0 saturated carbocycles. The molecule has 0 unspecified atom stereocenters. The van der Waals surface area contributed by atoms with Crippen molar-refractivity contribution in [2.75, 3.05) is 38.2 Å². The number of rotatable bonds is 6. The number of benzene rings is 3. The molecule has 1 aliphatic rings. The van der Waals surface area contributed by atoms with Gasteiger partial charge in [-0.1, -0.05) is 66.7 Å². The van der Waals surface area contributed by atoms with Gasteiger partial charge in [-0.2, -0.15) is 0 Å². The van der Waals surface area contributed by atoms with Gasteiger partial charge in [-0.25, -0.2) is 9.97 Å². The fraction of sp³-hybridized carbons (Fsp3) is 0.156. The monoisotopic (exact) mass is 515 g/mol. The van der Waals surface area contributed by atoms with Crippen molar-refractivity contribution in [3.05, 3.63) is 109 Å². The summed E-state index contributed by atoms with van der Waals surface area (Å²) in [4.78, 5) is 26.5. The first-order valence-electron chi connectivity index (χ1n) is 13.0. The summed E-state index contributed by atoms with van der Waals surface area (Å²) in [7, 11) is 1.67. The highest BCUT2D eigenvalue weighted by Crippen LogP contribution is 2.37. The number of fused-ring (bicyclic) bond motifs is 1. The Balaban J connectivity index is 1.32. The highest BCUT2D eigenvalue weighted by atomic mass is 16.5. The van der Waals surface area contributed by atoms with Crippen LogP contribution in [-0.2, 0) is 4.79 Å². The summed E-state index contributed by atoms with van der Waals surface area (Å²) in [6.07, 6.45) is 7.29. The Labute approximate surface area is 227 Å². The van der Waals surface area contributed by atoms with Gasteiger partial charge in [-0.05, 0) is 29.3 Å². The number of methoxy groups -OCH3 is 1. The molecule has 2 aromatic heterocycles. The van der Waals surface area contributed by atoms with Crippen molar-refractivity contribution in [3.8, 4) is 22.6 Å². The van der Waals surface area contributed by atoms with Crippen molar-refractivity contribution in [1.29, 1.82) is 0 Å². The molecule has 6 rings (SSSR count). The van der Waals surface area contributed by atoms with E-state index in [0.717, 1.165) is 45.0 Å². The van der Waals surface area contributed by atoms with Gasteiger partial charge in [0.25, 0.3) is 0 Å². The Morgan fingerprint density at radius 3 is 2.36 bits per heavy atom. The van der Waals surface area contributed by atoms with E-state index in [1.54, 1.807) is 19.5 Å². The summed E-state index contributed by atoms with van der Waals surface area (Å²) in [5.74, 6) is 1.69. The number of hydrogen-bond donors (Lipinski definition) is 0. The Bertz CT molecular complexity index is 1620. The molecular formula is C32H29N5O2. The highest BCUT2D eigenvalue weighted by Gasteiger charge is 2.25. The summed E-state index contributed by atoms with van der Waals surface area (Å²) in [6, 6.07) is 28.2. The van der Waals surface area contributed by atoms with Gasteiger partial charge in [0.05, 0.1) is 18.2 Å². The topological polar surface area (TPSA) is 63.5 Å². The lowest BCUT2D eigenvalue weighted by atomic mass is 10.1. The van der Waals surface area contributed by atoms with Crippen LogP contribution >= 0.6 is 0 Å². The van der Waals surface area contributed by atoms with Gasteiger partial charge >= 0.3 is 0 Å². The molecule has 0 radical (unpaired) electrons. The molecule has 1 aliphatic heterocycles. The van der Waals surface area contributed by atoms with E-state index in [-0.39, 0.29) is 5.91 Å². The molecule has 5 aromatic rings. The van der Waals surface area contributed by atoms with E-state index in [1.165, 1.54) is 0 Å². The smallest absolute Gasteiger partial charge is 0.246 e. The molecule has 0 spiro atoms. The van der Waals surface area contributed by atoms with Gasteiger partial charge in [0.2, 0.25) is 5.91 Å². The van der Waals surface area contributed by atoms with Crippen LogP contribution in [-0.4, -0.2) is 58.6 Å². The van der Waals surface area contributed by atoms with Gasteiger partial charge in [0, 0.05) is 50.1 Å². The predicted molar refractivity (Wildman–Crippen MR) is 155 cm³/mol. The van der Waals surface area contributed by atoms with Crippen LogP contribution in [0.1, 0.15) is 5.56 Å². The average molecular weight is 516 g/mol. The van der Waals surface area contributed by atoms with Crippen molar-refractivity contribution < 1.29 is 9.53 Å². The van der Waals surface area contributed by atoms with E-state index in [9.17, 15) is 4.79 Å². The fourth-order valence-electron chi connectivity index (χ4n) is 5.05. The van der Waals surface area contributed by atoms with Gasteiger partial charge in [0.15, 0.2) is 5.65 Å². The third-order valence-electron chi connectivity index (χ3n) is 7.09. The Kier molecular flexibility index (Phi) is 6.78. The van der Waals surface area contributed by atoms with Crippen molar-refractivity contribution in [1.82, 2.24) is 19.4 Å². The molecule has 0 N–H and O–H groups in total. The lowest BCUT2D eigenvalue weighted by molar-refractivity contribution is -0.126. The molecule has 39 heavy (non-hydrogen) atoms. The maximum Gasteiger partial charge on any atom is 0.246 e. The number of carbonyl (C=O) groups excluding carboxylic acids is 1. The number of anilines is 1. The zero-order valence-corrected chi connectivity index (χ0v) is 21.8. The van der Waals surface area contributed by atoms with Gasteiger partial charge in [-0.15, -0.1) is 0 Å². The van der Waals surface area contributed by atoms with Crippen LogP contribution in [0.5, 0.6) is 5.75 Å². The molecule has 7 nitrogen and oxygen atoms in total. The molecule has 194 valence electrons. The lowest BCUT2D eigenvalue weighted by Gasteiger charge is -2.35. The quantitative estimate of drug-likeness (QED) is 0.281. The number of hydrogen-bond acceptors (Lipinski definition) is 5. The van der Waals surface area contributed by atoms with Crippen molar-refractivity contribution in [3.63, 3.8) is 0 Å². The van der Waals surface area contributed by atoms with Crippen LogP contribution in [0.25, 0.3) is 33.9 Å². The molecule has 1 saturated heterocycles. The van der Waals surface area contributed by atoms with Gasteiger partial charge < -0.3 is 19.1 Å². The third kappa shape index (κ3) is 4.99. The minimum atomic E-state index is 0.0282. The Hall–Kier alpha value is -4.91. The molecule has 7 heteroatoms. The van der Waals surface area contributed by atoms with E-state index in [4.69, 9.17) is 14.7 Å². The summed E-state index contributed by atoms with van der Waals surface area (Å²) in [5.41, 5.74) is 4.97. The number of ether oxygens (including phenoxy) is 1. The Morgan fingerprint density at radius 2 is 1.62 bits per heavy atom. The summed E-state index contributed by atoms with van der Waals surface area (Å²) in [5, 5.41) is 0.996. The zero-order chi connectivity index (χ0) is 26.6. The largest absolute Gasteiger partial charge is 0.497 e. The van der Waals surface area contributed by atoms with Gasteiger partial charge in [0.1, 0.15) is 17.9 Å². The van der Waals surface area contributed by atoms with Crippen molar-refractivity contribution >= 4 is 28.8 Å². The first-order valence-corrected chi connectivity index (χ1v) is 13.0.